The van der Waals surface area contributed by atoms with Crippen LogP contribution >= 0.6 is 0 Å². The van der Waals surface area contributed by atoms with Crippen LogP contribution in [-0.4, -0.2) is 86.3 Å². The quantitative estimate of drug-likeness (QED) is 0.614. The zero-order chi connectivity index (χ0) is 20.1. The van der Waals surface area contributed by atoms with Crippen LogP contribution in [0.15, 0.2) is 0 Å². The standard InChI is InChI=1S/C18H34F3N3O2S/c1-3-9-22-10-7-17(8-11-22)23(15-18(19,20)21)14-16-5-12-24(13-6-16)27(25,26)4-2/h16-17H,3-15H2,1-2H3. The van der Waals surface area contributed by atoms with Gasteiger partial charge in [0.2, 0.25) is 10.0 Å². The van der Waals surface area contributed by atoms with Gasteiger partial charge in [-0.15, -0.1) is 0 Å². The summed E-state index contributed by atoms with van der Waals surface area (Å²) >= 11 is 0. The highest BCUT2D eigenvalue weighted by Gasteiger charge is 2.37. The van der Waals surface area contributed by atoms with Crippen LogP contribution in [0.3, 0.4) is 0 Å². The summed E-state index contributed by atoms with van der Waals surface area (Å²) in [5, 5.41) is 0. The monoisotopic (exact) mass is 413 g/mol. The lowest BCUT2D eigenvalue weighted by atomic mass is 9.95. The smallest absolute Gasteiger partial charge is 0.303 e. The van der Waals surface area contributed by atoms with Gasteiger partial charge in [0.25, 0.3) is 0 Å². The van der Waals surface area contributed by atoms with Gasteiger partial charge in [0.1, 0.15) is 0 Å². The van der Waals surface area contributed by atoms with E-state index < -0.39 is 22.7 Å². The third kappa shape index (κ3) is 7.18. The van der Waals surface area contributed by atoms with Gasteiger partial charge in [-0.1, -0.05) is 6.92 Å². The van der Waals surface area contributed by atoms with Crippen molar-refractivity contribution >= 4 is 10.0 Å². The Balaban J connectivity index is 1.92. The minimum Gasteiger partial charge on any atom is -0.303 e. The number of piperidine rings is 2. The van der Waals surface area contributed by atoms with E-state index in [1.54, 1.807) is 11.8 Å². The predicted molar refractivity (Wildman–Crippen MR) is 101 cm³/mol. The molecule has 2 aliphatic rings. The second-order valence-corrected chi connectivity index (χ2v) is 10.1. The van der Waals surface area contributed by atoms with Crippen molar-refractivity contribution in [3.63, 3.8) is 0 Å². The van der Waals surface area contributed by atoms with E-state index in [9.17, 15) is 21.6 Å². The van der Waals surface area contributed by atoms with Crippen molar-refractivity contribution in [3.05, 3.63) is 0 Å². The van der Waals surface area contributed by atoms with Crippen LogP contribution in [0.5, 0.6) is 0 Å². The molecule has 2 saturated heterocycles. The Labute approximate surface area is 161 Å². The summed E-state index contributed by atoms with van der Waals surface area (Å²) in [6.45, 7) is 6.88. The molecule has 0 N–H and O–H groups in total. The molecule has 0 bridgehead atoms. The Kier molecular flexibility index (Phi) is 8.39. The minimum absolute atomic E-state index is 0.0304. The molecular weight excluding hydrogens is 379 g/mol. The lowest BCUT2D eigenvalue weighted by molar-refractivity contribution is -0.154. The molecule has 0 amide bonds. The highest BCUT2D eigenvalue weighted by atomic mass is 32.2. The zero-order valence-electron chi connectivity index (χ0n) is 16.5. The number of alkyl halides is 3. The van der Waals surface area contributed by atoms with Gasteiger partial charge >= 0.3 is 6.18 Å². The highest BCUT2D eigenvalue weighted by molar-refractivity contribution is 7.89. The topological polar surface area (TPSA) is 43.9 Å². The van der Waals surface area contributed by atoms with Crippen LogP contribution in [0.2, 0.25) is 0 Å². The van der Waals surface area contributed by atoms with Gasteiger partial charge in [-0.2, -0.15) is 13.2 Å². The second kappa shape index (κ2) is 9.89. The number of sulfonamides is 1. The number of hydrogen-bond donors (Lipinski definition) is 0. The molecule has 0 aromatic heterocycles. The van der Waals surface area contributed by atoms with Crippen molar-refractivity contribution < 1.29 is 21.6 Å². The van der Waals surface area contributed by atoms with Crippen LogP contribution in [0.25, 0.3) is 0 Å². The summed E-state index contributed by atoms with van der Waals surface area (Å²) in [4.78, 5) is 3.95. The minimum atomic E-state index is -4.20. The van der Waals surface area contributed by atoms with Crippen LogP contribution in [0, 0.1) is 5.92 Å². The first-order chi connectivity index (χ1) is 12.6. The molecular formula is C18H34F3N3O2S. The van der Waals surface area contributed by atoms with Gasteiger partial charge in [0.15, 0.2) is 0 Å². The fourth-order valence-corrected chi connectivity index (χ4v) is 5.41. The largest absolute Gasteiger partial charge is 0.401 e. The number of rotatable bonds is 8. The summed E-state index contributed by atoms with van der Waals surface area (Å²) < 4.78 is 64.8. The third-order valence-corrected chi connectivity index (χ3v) is 7.70. The average Bonchev–Trinajstić information content (AvgIpc) is 2.61. The molecule has 0 atom stereocenters. The van der Waals surface area contributed by atoms with Gasteiger partial charge in [0, 0.05) is 25.7 Å². The van der Waals surface area contributed by atoms with E-state index in [-0.39, 0.29) is 17.7 Å². The summed E-state index contributed by atoms with van der Waals surface area (Å²) in [5.74, 6) is 0.207. The summed E-state index contributed by atoms with van der Waals surface area (Å²) in [5.41, 5.74) is 0. The fraction of sp³-hybridized carbons (Fsp3) is 1.00. The molecule has 2 fully saturated rings. The van der Waals surface area contributed by atoms with E-state index in [1.807, 2.05) is 0 Å². The van der Waals surface area contributed by atoms with E-state index in [4.69, 9.17) is 0 Å². The van der Waals surface area contributed by atoms with E-state index in [0.717, 1.165) is 38.9 Å². The first kappa shape index (κ1) is 22.9. The first-order valence-corrected chi connectivity index (χ1v) is 11.8. The van der Waals surface area contributed by atoms with Crippen LogP contribution in [-0.2, 0) is 10.0 Å². The van der Waals surface area contributed by atoms with Crippen LogP contribution in [0.1, 0.15) is 46.0 Å². The molecule has 0 spiro atoms. The average molecular weight is 414 g/mol. The Morgan fingerprint density at radius 3 is 2.07 bits per heavy atom. The Morgan fingerprint density at radius 2 is 1.59 bits per heavy atom. The molecule has 27 heavy (non-hydrogen) atoms. The maximum atomic E-state index is 13.1. The molecule has 0 saturated carbocycles. The predicted octanol–water partition coefficient (Wildman–Crippen LogP) is 2.79. The molecule has 0 unspecified atom stereocenters. The number of halogens is 3. The number of nitrogens with zero attached hydrogens (tertiary/aromatic N) is 3. The van der Waals surface area contributed by atoms with Crippen molar-refractivity contribution in [1.82, 2.24) is 14.1 Å². The number of hydrogen-bond acceptors (Lipinski definition) is 4. The lowest BCUT2D eigenvalue weighted by Crippen LogP contribution is -2.50. The van der Waals surface area contributed by atoms with Crippen molar-refractivity contribution in [1.29, 1.82) is 0 Å². The van der Waals surface area contributed by atoms with Gasteiger partial charge < -0.3 is 4.90 Å². The van der Waals surface area contributed by atoms with Crippen molar-refractivity contribution in [2.24, 2.45) is 5.92 Å². The molecule has 160 valence electrons. The van der Waals surface area contributed by atoms with E-state index in [1.165, 1.54) is 4.31 Å². The SMILES string of the molecule is CCCN1CCC(N(CC2CCN(S(=O)(=O)CC)CC2)CC(F)(F)F)CC1. The van der Waals surface area contributed by atoms with Crippen molar-refractivity contribution in [2.45, 2.75) is 58.2 Å². The molecule has 2 heterocycles. The van der Waals surface area contributed by atoms with E-state index >= 15 is 0 Å². The van der Waals surface area contributed by atoms with E-state index in [2.05, 4.69) is 11.8 Å². The first-order valence-electron chi connectivity index (χ1n) is 10.2. The lowest BCUT2D eigenvalue weighted by Gasteiger charge is -2.41. The molecule has 5 nitrogen and oxygen atoms in total. The molecule has 0 aliphatic carbocycles. The Hall–Kier alpha value is -0.380. The van der Waals surface area contributed by atoms with Gasteiger partial charge in [-0.3, -0.25) is 4.90 Å². The van der Waals surface area contributed by atoms with Gasteiger partial charge in [-0.25, -0.2) is 12.7 Å². The van der Waals surface area contributed by atoms with Gasteiger partial charge in [-0.05, 0) is 64.6 Å². The summed E-state index contributed by atoms with van der Waals surface area (Å²) in [6, 6.07) is -0.0304. The summed E-state index contributed by atoms with van der Waals surface area (Å²) in [6.07, 6.45) is -0.300. The molecule has 2 aliphatic heterocycles. The fourth-order valence-electron chi connectivity index (χ4n) is 4.28. The summed E-state index contributed by atoms with van der Waals surface area (Å²) in [7, 11) is -3.20. The van der Waals surface area contributed by atoms with Gasteiger partial charge in [0.05, 0.1) is 12.3 Å². The maximum Gasteiger partial charge on any atom is 0.401 e. The molecule has 2 rings (SSSR count). The molecule has 0 aromatic carbocycles. The Morgan fingerprint density at radius 1 is 1.00 bits per heavy atom. The molecule has 0 radical (unpaired) electrons. The third-order valence-electron chi connectivity index (χ3n) is 5.82. The normalized spacial score (nSPS) is 22.6. The zero-order valence-corrected chi connectivity index (χ0v) is 17.4. The Bertz CT molecular complexity index is 541. The second-order valence-electron chi connectivity index (χ2n) is 7.86. The van der Waals surface area contributed by atoms with Crippen molar-refractivity contribution in [3.8, 4) is 0 Å². The number of likely N-dealkylation sites (tertiary alicyclic amines) is 1. The maximum absolute atomic E-state index is 13.1. The van der Waals surface area contributed by atoms with Crippen LogP contribution in [0.4, 0.5) is 13.2 Å². The molecule has 9 heteroatoms. The highest BCUT2D eigenvalue weighted by Crippen LogP contribution is 2.27. The van der Waals surface area contributed by atoms with Crippen LogP contribution < -0.4 is 0 Å². The molecule has 0 aromatic rings. The van der Waals surface area contributed by atoms with Crippen molar-refractivity contribution in [2.75, 3.05) is 51.6 Å². The van der Waals surface area contributed by atoms with E-state index in [0.29, 0.717) is 32.5 Å².